The number of aryl methyl sites for hydroxylation is 1. The molecular formula is C15H16N2O2. The number of nitrogens with zero attached hydrogens (tertiary/aromatic N) is 1. The predicted octanol–water partition coefficient (Wildman–Crippen LogP) is 1.96. The van der Waals surface area contributed by atoms with Crippen molar-refractivity contribution in [2.75, 3.05) is 12.3 Å². The summed E-state index contributed by atoms with van der Waals surface area (Å²) in [4.78, 5) is 11.8. The van der Waals surface area contributed by atoms with Crippen LogP contribution in [0.25, 0.3) is 11.1 Å². The van der Waals surface area contributed by atoms with Gasteiger partial charge < -0.3 is 10.5 Å². The normalized spacial score (nSPS) is 13.7. The lowest BCUT2D eigenvalue weighted by atomic mass is 9.99. The Labute approximate surface area is 111 Å². The summed E-state index contributed by atoms with van der Waals surface area (Å²) in [5.74, 6) is 1.42. The Morgan fingerprint density at radius 3 is 2.84 bits per heavy atom. The number of nitrogen functional groups attached to an aromatic ring is 1. The number of benzene rings is 1. The van der Waals surface area contributed by atoms with E-state index in [0.29, 0.717) is 5.82 Å². The van der Waals surface area contributed by atoms with Gasteiger partial charge in [0.1, 0.15) is 11.6 Å². The van der Waals surface area contributed by atoms with Crippen LogP contribution in [0.15, 0.2) is 35.1 Å². The van der Waals surface area contributed by atoms with Gasteiger partial charge in [0, 0.05) is 13.1 Å². The molecule has 4 heteroatoms. The summed E-state index contributed by atoms with van der Waals surface area (Å²) in [7, 11) is 1.67. The lowest BCUT2D eigenvalue weighted by Crippen LogP contribution is -2.18. The van der Waals surface area contributed by atoms with Crippen LogP contribution in [-0.4, -0.2) is 11.2 Å². The second-order valence-electron chi connectivity index (χ2n) is 4.84. The number of nitrogens with two attached hydrogens (primary N) is 1. The molecule has 3 rings (SSSR count). The monoisotopic (exact) mass is 256 g/mol. The van der Waals surface area contributed by atoms with Gasteiger partial charge in [-0.05, 0) is 47.7 Å². The SMILES string of the molecule is Cn1c(N)cc(-c2ccc3c(c2)CCCO3)cc1=O. The van der Waals surface area contributed by atoms with Crippen molar-refractivity contribution in [1.29, 1.82) is 0 Å². The maximum absolute atomic E-state index is 11.8. The Bertz CT molecular complexity index is 689. The van der Waals surface area contributed by atoms with Gasteiger partial charge in [-0.2, -0.15) is 0 Å². The van der Waals surface area contributed by atoms with Gasteiger partial charge in [0.25, 0.3) is 5.56 Å². The fourth-order valence-corrected chi connectivity index (χ4v) is 2.36. The molecule has 19 heavy (non-hydrogen) atoms. The molecule has 0 bridgehead atoms. The highest BCUT2D eigenvalue weighted by atomic mass is 16.5. The van der Waals surface area contributed by atoms with Crippen LogP contribution in [0.2, 0.25) is 0 Å². The number of rotatable bonds is 1. The summed E-state index contributed by atoms with van der Waals surface area (Å²) in [6.07, 6.45) is 2.05. The second-order valence-corrected chi connectivity index (χ2v) is 4.84. The Morgan fingerprint density at radius 1 is 1.21 bits per heavy atom. The van der Waals surface area contributed by atoms with E-state index in [1.54, 1.807) is 13.1 Å². The molecule has 1 aliphatic heterocycles. The smallest absolute Gasteiger partial charge is 0.252 e. The van der Waals surface area contributed by atoms with Crippen molar-refractivity contribution in [3.63, 3.8) is 0 Å². The number of hydrogen-bond acceptors (Lipinski definition) is 3. The number of fused-ring (bicyclic) bond motifs is 1. The molecule has 0 aliphatic carbocycles. The molecule has 0 fully saturated rings. The number of pyridine rings is 1. The van der Waals surface area contributed by atoms with E-state index in [1.807, 2.05) is 18.2 Å². The third-order valence-corrected chi connectivity index (χ3v) is 3.54. The van der Waals surface area contributed by atoms with Gasteiger partial charge in [-0.15, -0.1) is 0 Å². The molecule has 4 nitrogen and oxygen atoms in total. The van der Waals surface area contributed by atoms with Crippen molar-refractivity contribution in [2.24, 2.45) is 7.05 Å². The minimum atomic E-state index is -0.0935. The van der Waals surface area contributed by atoms with Crippen LogP contribution in [0.4, 0.5) is 5.82 Å². The zero-order chi connectivity index (χ0) is 13.4. The van der Waals surface area contributed by atoms with E-state index >= 15 is 0 Å². The van der Waals surface area contributed by atoms with Crippen LogP contribution < -0.4 is 16.0 Å². The van der Waals surface area contributed by atoms with Crippen molar-refractivity contribution >= 4 is 5.82 Å². The van der Waals surface area contributed by atoms with Gasteiger partial charge in [-0.1, -0.05) is 6.07 Å². The van der Waals surface area contributed by atoms with Crippen LogP contribution in [0, 0.1) is 0 Å². The number of anilines is 1. The summed E-state index contributed by atoms with van der Waals surface area (Å²) in [6, 6.07) is 9.47. The van der Waals surface area contributed by atoms with Crippen LogP contribution >= 0.6 is 0 Å². The molecule has 1 aromatic carbocycles. The first-order valence-electron chi connectivity index (χ1n) is 6.38. The molecule has 0 unspecified atom stereocenters. The van der Waals surface area contributed by atoms with Crippen molar-refractivity contribution < 1.29 is 4.74 Å². The predicted molar refractivity (Wildman–Crippen MR) is 75.3 cm³/mol. The van der Waals surface area contributed by atoms with Crippen LogP contribution in [-0.2, 0) is 13.5 Å². The summed E-state index contributed by atoms with van der Waals surface area (Å²) in [5.41, 5.74) is 8.80. The standard InChI is InChI=1S/C15H16N2O2/c1-17-14(16)8-12(9-15(17)18)10-4-5-13-11(7-10)3-2-6-19-13/h4-5,7-9H,2-3,6,16H2,1H3. The van der Waals surface area contributed by atoms with Gasteiger partial charge in [0.2, 0.25) is 0 Å². The third kappa shape index (κ3) is 2.10. The van der Waals surface area contributed by atoms with Gasteiger partial charge in [-0.25, -0.2) is 0 Å². The number of ether oxygens (including phenoxy) is 1. The lowest BCUT2D eigenvalue weighted by molar-refractivity contribution is 0.288. The van der Waals surface area contributed by atoms with Crippen molar-refractivity contribution in [3.05, 3.63) is 46.2 Å². The summed E-state index contributed by atoms with van der Waals surface area (Å²) in [5, 5.41) is 0. The molecule has 98 valence electrons. The van der Waals surface area contributed by atoms with Gasteiger partial charge >= 0.3 is 0 Å². The van der Waals surface area contributed by atoms with Gasteiger partial charge in [0.15, 0.2) is 0 Å². The number of hydrogen-bond donors (Lipinski definition) is 1. The van der Waals surface area contributed by atoms with Crippen LogP contribution in [0.1, 0.15) is 12.0 Å². The average Bonchev–Trinajstić information content (AvgIpc) is 2.43. The summed E-state index contributed by atoms with van der Waals surface area (Å²) in [6.45, 7) is 0.783. The fourth-order valence-electron chi connectivity index (χ4n) is 2.36. The van der Waals surface area contributed by atoms with Crippen molar-refractivity contribution in [3.8, 4) is 16.9 Å². The topological polar surface area (TPSA) is 57.2 Å². The minimum Gasteiger partial charge on any atom is -0.493 e. The molecule has 0 spiro atoms. The van der Waals surface area contributed by atoms with E-state index in [4.69, 9.17) is 10.5 Å². The molecule has 0 atom stereocenters. The molecule has 0 saturated carbocycles. The first-order valence-corrected chi connectivity index (χ1v) is 6.38. The van der Waals surface area contributed by atoms with Gasteiger partial charge in [-0.3, -0.25) is 9.36 Å². The first kappa shape index (κ1) is 11.8. The lowest BCUT2D eigenvalue weighted by Gasteiger charge is -2.18. The minimum absolute atomic E-state index is 0.0935. The van der Waals surface area contributed by atoms with E-state index in [9.17, 15) is 4.79 Å². The largest absolute Gasteiger partial charge is 0.493 e. The van der Waals surface area contributed by atoms with E-state index in [2.05, 4.69) is 6.07 Å². The molecule has 2 heterocycles. The van der Waals surface area contributed by atoms with E-state index in [0.717, 1.165) is 36.3 Å². The van der Waals surface area contributed by atoms with Gasteiger partial charge in [0.05, 0.1) is 6.61 Å². The molecule has 1 aromatic heterocycles. The van der Waals surface area contributed by atoms with Crippen LogP contribution in [0.3, 0.4) is 0 Å². The highest BCUT2D eigenvalue weighted by Gasteiger charge is 2.12. The Kier molecular flexibility index (Phi) is 2.78. The maximum atomic E-state index is 11.8. The number of aromatic nitrogens is 1. The molecular weight excluding hydrogens is 240 g/mol. The van der Waals surface area contributed by atoms with E-state index in [1.165, 1.54) is 10.1 Å². The third-order valence-electron chi connectivity index (χ3n) is 3.54. The highest BCUT2D eigenvalue weighted by molar-refractivity contribution is 5.68. The molecule has 2 aromatic rings. The van der Waals surface area contributed by atoms with Crippen molar-refractivity contribution in [1.82, 2.24) is 4.57 Å². The first-order chi connectivity index (χ1) is 9.15. The van der Waals surface area contributed by atoms with E-state index in [-0.39, 0.29) is 5.56 Å². The Morgan fingerprint density at radius 2 is 2.05 bits per heavy atom. The molecule has 0 radical (unpaired) electrons. The fraction of sp³-hybridized carbons (Fsp3) is 0.267. The molecule has 0 amide bonds. The Hall–Kier alpha value is -2.23. The Balaban J connectivity index is 2.09. The summed E-state index contributed by atoms with van der Waals surface area (Å²) >= 11 is 0. The quantitative estimate of drug-likeness (QED) is 0.848. The molecule has 1 aliphatic rings. The van der Waals surface area contributed by atoms with E-state index < -0.39 is 0 Å². The van der Waals surface area contributed by atoms with Crippen molar-refractivity contribution in [2.45, 2.75) is 12.8 Å². The molecule has 2 N–H and O–H groups in total. The zero-order valence-corrected chi connectivity index (χ0v) is 10.8. The maximum Gasteiger partial charge on any atom is 0.252 e. The second kappa shape index (κ2) is 4.46. The summed E-state index contributed by atoms with van der Waals surface area (Å²) < 4.78 is 7.03. The zero-order valence-electron chi connectivity index (χ0n) is 10.8. The molecule has 0 saturated heterocycles. The van der Waals surface area contributed by atoms with Crippen LogP contribution in [0.5, 0.6) is 5.75 Å². The highest BCUT2D eigenvalue weighted by Crippen LogP contribution is 2.30. The average molecular weight is 256 g/mol.